The van der Waals surface area contributed by atoms with Gasteiger partial charge in [-0.3, -0.25) is 0 Å². The van der Waals surface area contributed by atoms with Crippen molar-refractivity contribution < 1.29 is 17.9 Å². The normalized spacial score (nSPS) is 15.4. The third-order valence-corrected chi connectivity index (χ3v) is 3.19. The second kappa shape index (κ2) is 6.23. The highest BCUT2D eigenvalue weighted by Gasteiger charge is 2.33. The second-order valence-electron chi connectivity index (χ2n) is 4.48. The van der Waals surface area contributed by atoms with Crippen molar-refractivity contribution in [2.45, 2.75) is 44.9 Å². The van der Waals surface area contributed by atoms with Crippen molar-refractivity contribution in [1.82, 2.24) is 0 Å². The maximum Gasteiger partial charge on any atom is 0.391 e. The summed E-state index contributed by atoms with van der Waals surface area (Å²) in [6.45, 7) is 4.03. The van der Waals surface area contributed by atoms with E-state index in [1.54, 1.807) is 12.1 Å². The van der Waals surface area contributed by atoms with Crippen molar-refractivity contribution in [3.63, 3.8) is 0 Å². The van der Waals surface area contributed by atoms with Gasteiger partial charge in [-0.05, 0) is 23.5 Å². The van der Waals surface area contributed by atoms with E-state index in [0.717, 1.165) is 12.0 Å². The molecule has 0 saturated heterocycles. The van der Waals surface area contributed by atoms with Crippen molar-refractivity contribution in [2.24, 2.45) is 0 Å². The van der Waals surface area contributed by atoms with Crippen LogP contribution in [0.25, 0.3) is 0 Å². The molecular formula is C14H19F3O. The number of methoxy groups -OCH3 is 1. The number of halogens is 3. The molecule has 4 heteroatoms. The quantitative estimate of drug-likeness (QED) is 0.736. The van der Waals surface area contributed by atoms with Gasteiger partial charge in [-0.25, -0.2) is 0 Å². The Morgan fingerprint density at radius 3 is 2.17 bits per heavy atom. The first-order valence-corrected chi connectivity index (χ1v) is 6.07. The smallest absolute Gasteiger partial charge is 0.376 e. The Morgan fingerprint density at radius 1 is 1.17 bits per heavy atom. The lowest BCUT2D eigenvalue weighted by Crippen LogP contribution is -2.17. The van der Waals surface area contributed by atoms with Crippen molar-refractivity contribution in [1.29, 1.82) is 0 Å². The lowest BCUT2D eigenvalue weighted by molar-refractivity contribution is -0.158. The third-order valence-electron chi connectivity index (χ3n) is 3.19. The largest absolute Gasteiger partial charge is 0.391 e. The van der Waals surface area contributed by atoms with Gasteiger partial charge in [-0.15, -0.1) is 0 Å². The first-order chi connectivity index (χ1) is 8.39. The van der Waals surface area contributed by atoms with E-state index >= 15 is 0 Å². The van der Waals surface area contributed by atoms with Gasteiger partial charge in [0.2, 0.25) is 0 Å². The number of hydrogen-bond acceptors (Lipinski definition) is 1. The Labute approximate surface area is 106 Å². The zero-order valence-electron chi connectivity index (χ0n) is 10.9. The molecule has 1 nitrogen and oxygen atoms in total. The van der Waals surface area contributed by atoms with Crippen molar-refractivity contribution >= 4 is 0 Å². The summed E-state index contributed by atoms with van der Waals surface area (Å²) in [6, 6.07) is 7.21. The summed E-state index contributed by atoms with van der Waals surface area (Å²) in [5.41, 5.74) is 1.59. The summed E-state index contributed by atoms with van der Waals surface area (Å²) < 4.78 is 42.6. The number of ether oxygens (including phenoxy) is 1. The summed E-state index contributed by atoms with van der Waals surface area (Å²) in [7, 11) is 1.32. The van der Waals surface area contributed by atoms with Gasteiger partial charge < -0.3 is 4.74 Å². The van der Waals surface area contributed by atoms with Gasteiger partial charge in [-0.1, -0.05) is 38.1 Å². The van der Waals surface area contributed by atoms with E-state index in [2.05, 4.69) is 0 Å². The zero-order valence-corrected chi connectivity index (χ0v) is 10.9. The lowest BCUT2D eigenvalue weighted by Gasteiger charge is -2.23. The van der Waals surface area contributed by atoms with Gasteiger partial charge in [0.05, 0.1) is 12.5 Å². The Morgan fingerprint density at radius 2 is 1.72 bits per heavy atom. The van der Waals surface area contributed by atoms with E-state index in [0.29, 0.717) is 5.56 Å². The first kappa shape index (κ1) is 15.0. The van der Waals surface area contributed by atoms with Crippen LogP contribution in [0.5, 0.6) is 0 Å². The molecule has 0 radical (unpaired) electrons. The highest BCUT2D eigenvalue weighted by Crippen LogP contribution is 2.35. The lowest BCUT2D eigenvalue weighted by atomic mass is 9.90. The molecule has 0 N–H and O–H groups in total. The second-order valence-corrected chi connectivity index (χ2v) is 4.48. The zero-order chi connectivity index (χ0) is 13.8. The van der Waals surface area contributed by atoms with Crippen LogP contribution in [0.2, 0.25) is 0 Å². The summed E-state index contributed by atoms with van der Waals surface area (Å²) in [6.07, 6.45) is -5.20. The molecule has 1 aromatic carbocycles. The topological polar surface area (TPSA) is 9.23 Å². The minimum Gasteiger partial charge on any atom is -0.376 e. The molecular weight excluding hydrogens is 241 g/mol. The Bertz CT molecular complexity index is 374. The van der Waals surface area contributed by atoms with Crippen LogP contribution in [0.15, 0.2) is 24.3 Å². The molecule has 0 aliphatic carbocycles. The number of benzene rings is 1. The van der Waals surface area contributed by atoms with E-state index in [-0.39, 0.29) is 5.92 Å². The first-order valence-electron chi connectivity index (χ1n) is 6.07. The SMILES string of the molecule is CCC(C)c1ccccc1C(CC(F)(F)F)OC. The van der Waals surface area contributed by atoms with E-state index in [1.807, 2.05) is 26.0 Å². The van der Waals surface area contributed by atoms with E-state index in [1.165, 1.54) is 7.11 Å². The molecule has 2 atom stereocenters. The molecule has 18 heavy (non-hydrogen) atoms. The summed E-state index contributed by atoms with van der Waals surface area (Å²) in [5, 5.41) is 0. The molecule has 0 bridgehead atoms. The minimum absolute atomic E-state index is 0.229. The van der Waals surface area contributed by atoms with Crippen LogP contribution in [0, 0.1) is 0 Å². The highest BCUT2D eigenvalue weighted by molar-refractivity contribution is 5.32. The predicted octanol–water partition coefficient (Wildman–Crippen LogP) is 4.84. The molecule has 0 aliphatic heterocycles. The monoisotopic (exact) mass is 260 g/mol. The number of rotatable bonds is 5. The average Bonchev–Trinajstić information content (AvgIpc) is 2.34. The molecule has 0 saturated carbocycles. The van der Waals surface area contributed by atoms with Gasteiger partial charge in [0.15, 0.2) is 0 Å². The molecule has 1 aromatic rings. The molecule has 0 fully saturated rings. The molecule has 1 rings (SSSR count). The number of hydrogen-bond donors (Lipinski definition) is 0. The van der Waals surface area contributed by atoms with Crippen molar-refractivity contribution in [3.8, 4) is 0 Å². The van der Waals surface area contributed by atoms with Crippen molar-refractivity contribution in [2.75, 3.05) is 7.11 Å². The molecule has 0 aliphatic rings. The van der Waals surface area contributed by atoms with Gasteiger partial charge in [0.25, 0.3) is 0 Å². The fourth-order valence-electron chi connectivity index (χ4n) is 2.00. The van der Waals surface area contributed by atoms with Gasteiger partial charge in [-0.2, -0.15) is 13.2 Å². The van der Waals surface area contributed by atoms with Crippen LogP contribution < -0.4 is 0 Å². The Kier molecular flexibility index (Phi) is 5.20. The molecule has 2 unspecified atom stereocenters. The van der Waals surface area contributed by atoms with Crippen molar-refractivity contribution in [3.05, 3.63) is 35.4 Å². The average molecular weight is 260 g/mol. The third kappa shape index (κ3) is 4.02. The molecule has 0 aromatic heterocycles. The van der Waals surface area contributed by atoms with Crippen LogP contribution in [0.4, 0.5) is 13.2 Å². The van der Waals surface area contributed by atoms with Crippen LogP contribution in [-0.4, -0.2) is 13.3 Å². The van der Waals surface area contributed by atoms with Crippen LogP contribution in [-0.2, 0) is 4.74 Å². The molecule has 0 spiro atoms. The fourth-order valence-corrected chi connectivity index (χ4v) is 2.00. The summed E-state index contributed by atoms with van der Waals surface area (Å²) in [4.78, 5) is 0. The van der Waals surface area contributed by atoms with E-state index < -0.39 is 18.7 Å². The Hall–Kier alpha value is -1.03. The summed E-state index contributed by atoms with van der Waals surface area (Å²) in [5.74, 6) is 0.229. The maximum absolute atomic E-state index is 12.5. The van der Waals surface area contributed by atoms with Crippen LogP contribution in [0.1, 0.15) is 49.8 Å². The standard InChI is InChI=1S/C14H19F3O/c1-4-10(2)11-7-5-6-8-12(11)13(18-3)9-14(15,16)17/h5-8,10,13H,4,9H2,1-3H3. The van der Waals surface area contributed by atoms with Gasteiger partial charge >= 0.3 is 6.18 Å². The molecule has 102 valence electrons. The maximum atomic E-state index is 12.5. The van der Waals surface area contributed by atoms with Crippen LogP contribution in [0.3, 0.4) is 0 Å². The predicted molar refractivity (Wildman–Crippen MR) is 65.6 cm³/mol. The fraction of sp³-hybridized carbons (Fsp3) is 0.571. The Balaban J connectivity index is 3.05. The minimum atomic E-state index is -4.22. The molecule has 0 heterocycles. The van der Waals surface area contributed by atoms with Gasteiger partial charge in [0, 0.05) is 7.11 Å². The van der Waals surface area contributed by atoms with E-state index in [9.17, 15) is 13.2 Å². The highest BCUT2D eigenvalue weighted by atomic mass is 19.4. The molecule has 0 amide bonds. The van der Waals surface area contributed by atoms with E-state index in [4.69, 9.17) is 4.74 Å². The number of alkyl halides is 3. The summed E-state index contributed by atoms with van der Waals surface area (Å²) >= 11 is 0. The van der Waals surface area contributed by atoms with Gasteiger partial charge in [0.1, 0.15) is 0 Å². The van der Waals surface area contributed by atoms with Crippen LogP contribution >= 0.6 is 0 Å².